The summed E-state index contributed by atoms with van der Waals surface area (Å²) < 4.78 is 5.46. The summed E-state index contributed by atoms with van der Waals surface area (Å²) in [6, 6.07) is -0.455. The number of nitrogens with one attached hydrogen (secondary N) is 3. The molecule has 34 heavy (non-hydrogen) atoms. The van der Waals surface area contributed by atoms with E-state index in [1.165, 1.54) is 11.9 Å². The molecule has 2 unspecified atom stereocenters. The van der Waals surface area contributed by atoms with Gasteiger partial charge in [0.25, 0.3) is 0 Å². The maximum absolute atomic E-state index is 13.3. The molecule has 2 saturated heterocycles. The highest BCUT2D eigenvalue weighted by molar-refractivity contribution is 5.91. The molecular formula is C24H39N5O5. The molecule has 0 radical (unpaired) electrons. The molecule has 2 rings (SSSR count). The number of carbonyl (C=O) groups excluding carboxylic acids is 4. The predicted molar refractivity (Wildman–Crippen MR) is 125 cm³/mol. The Hall–Kier alpha value is -2.83. The van der Waals surface area contributed by atoms with Crippen molar-refractivity contribution in [3.63, 3.8) is 0 Å². The third-order valence-corrected chi connectivity index (χ3v) is 6.25. The Morgan fingerprint density at radius 1 is 1.15 bits per heavy atom. The number of rotatable bonds is 3. The Morgan fingerprint density at radius 2 is 1.82 bits per heavy atom. The molecule has 10 heteroatoms. The van der Waals surface area contributed by atoms with Crippen LogP contribution >= 0.6 is 0 Å². The lowest BCUT2D eigenvalue weighted by Crippen LogP contribution is -2.55. The molecule has 2 aliphatic rings. The molecular weight excluding hydrogens is 438 g/mol. The molecule has 4 amide bonds. The van der Waals surface area contributed by atoms with Crippen molar-refractivity contribution in [1.29, 1.82) is 5.26 Å². The monoisotopic (exact) mass is 477 g/mol. The fourth-order valence-corrected chi connectivity index (χ4v) is 4.50. The zero-order valence-corrected chi connectivity index (χ0v) is 21.1. The van der Waals surface area contributed by atoms with Crippen molar-refractivity contribution >= 4 is 23.8 Å². The van der Waals surface area contributed by atoms with Gasteiger partial charge in [0, 0.05) is 19.5 Å². The lowest BCUT2D eigenvalue weighted by molar-refractivity contribution is -0.132. The minimum absolute atomic E-state index is 0.0111. The van der Waals surface area contributed by atoms with Gasteiger partial charge in [-0.3, -0.25) is 19.3 Å². The van der Waals surface area contributed by atoms with Gasteiger partial charge in [-0.15, -0.1) is 0 Å². The van der Waals surface area contributed by atoms with Crippen LogP contribution in [0.15, 0.2) is 0 Å². The second kappa shape index (κ2) is 11.5. The summed E-state index contributed by atoms with van der Waals surface area (Å²) in [5.74, 6) is -1.34. The lowest BCUT2D eigenvalue weighted by atomic mass is 9.85. The van der Waals surface area contributed by atoms with Crippen molar-refractivity contribution in [2.45, 2.75) is 90.4 Å². The third kappa shape index (κ3) is 7.61. The van der Waals surface area contributed by atoms with Crippen LogP contribution in [0.25, 0.3) is 0 Å². The van der Waals surface area contributed by atoms with Gasteiger partial charge in [0.05, 0.1) is 6.07 Å². The zero-order valence-electron chi connectivity index (χ0n) is 21.1. The Bertz CT molecular complexity index is 816. The van der Waals surface area contributed by atoms with E-state index in [4.69, 9.17) is 4.74 Å². The van der Waals surface area contributed by atoms with Crippen LogP contribution in [-0.2, 0) is 19.1 Å². The van der Waals surface area contributed by atoms with Gasteiger partial charge in [-0.1, -0.05) is 20.3 Å². The first-order valence-electron chi connectivity index (χ1n) is 12.1. The summed E-state index contributed by atoms with van der Waals surface area (Å²) in [5.41, 5.74) is -0.722. The quantitative estimate of drug-likeness (QED) is 0.565. The Morgan fingerprint density at radius 3 is 2.41 bits per heavy atom. The first-order valence-corrected chi connectivity index (χ1v) is 12.1. The van der Waals surface area contributed by atoms with E-state index in [2.05, 4.69) is 22.0 Å². The second-order valence-corrected chi connectivity index (χ2v) is 10.8. The predicted octanol–water partition coefficient (Wildman–Crippen LogP) is 1.70. The van der Waals surface area contributed by atoms with E-state index in [1.54, 1.807) is 20.8 Å². The Balaban J connectivity index is 2.34. The molecule has 0 aromatic carbocycles. The average molecular weight is 478 g/mol. The van der Waals surface area contributed by atoms with E-state index in [0.29, 0.717) is 32.2 Å². The van der Waals surface area contributed by atoms with Gasteiger partial charge < -0.3 is 20.7 Å². The summed E-state index contributed by atoms with van der Waals surface area (Å²) in [4.78, 5) is 52.8. The Labute approximate surface area is 202 Å². The molecule has 0 bridgehead atoms. The van der Waals surface area contributed by atoms with Crippen LogP contribution in [0.4, 0.5) is 4.79 Å². The smallest absolute Gasteiger partial charge is 0.410 e. The molecule has 0 spiro atoms. The van der Waals surface area contributed by atoms with E-state index in [1.807, 2.05) is 13.8 Å². The van der Waals surface area contributed by atoms with Crippen molar-refractivity contribution in [2.75, 3.05) is 13.6 Å². The van der Waals surface area contributed by atoms with Gasteiger partial charge in [0.1, 0.15) is 23.7 Å². The average Bonchev–Trinajstić information content (AvgIpc) is 3.06. The van der Waals surface area contributed by atoms with Crippen LogP contribution in [0.3, 0.4) is 0 Å². The van der Waals surface area contributed by atoms with Crippen LogP contribution in [0.1, 0.15) is 66.7 Å². The second-order valence-electron chi connectivity index (χ2n) is 10.8. The lowest BCUT2D eigenvalue weighted by Gasteiger charge is -2.31. The van der Waals surface area contributed by atoms with Crippen LogP contribution in [0.5, 0.6) is 0 Å². The minimum Gasteiger partial charge on any atom is -0.444 e. The number of fused-ring (bicyclic) bond motifs is 1. The SMILES string of the molecule is CC(C)C[C@@H]1NC(=O)C(N(C)C(=O)OC(C)(C)C)CCC[C@H]2CNC(=O)[C@@H]2CC(C#N)NC1=O. The van der Waals surface area contributed by atoms with Gasteiger partial charge in [-0.2, -0.15) is 5.26 Å². The van der Waals surface area contributed by atoms with Crippen molar-refractivity contribution < 1.29 is 23.9 Å². The van der Waals surface area contributed by atoms with Crippen molar-refractivity contribution in [2.24, 2.45) is 17.8 Å². The Kier molecular flexibility index (Phi) is 9.30. The van der Waals surface area contributed by atoms with Crippen LogP contribution in [0.2, 0.25) is 0 Å². The van der Waals surface area contributed by atoms with Gasteiger partial charge >= 0.3 is 6.09 Å². The topological polar surface area (TPSA) is 141 Å². The highest BCUT2D eigenvalue weighted by Crippen LogP contribution is 2.29. The standard InChI is InChI=1S/C24H39N5O5/c1-14(2)10-18-21(31)27-16(12-25)11-17-15(13-26-20(17)30)8-7-9-19(22(32)28-18)29(6)23(33)34-24(3,4)5/h14-19H,7-11,13H2,1-6H3,(H,26,30)(H,27,31)(H,28,32)/t15-,16?,17+,18-,19?/m0/s1. The highest BCUT2D eigenvalue weighted by Gasteiger charge is 2.39. The molecule has 2 aliphatic heterocycles. The number of carbonyl (C=O) groups is 4. The molecule has 0 saturated carbocycles. The maximum atomic E-state index is 13.3. The van der Waals surface area contributed by atoms with Crippen molar-refractivity contribution in [1.82, 2.24) is 20.9 Å². The van der Waals surface area contributed by atoms with E-state index in [-0.39, 0.29) is 30.1 Å². The van der Waals surface area contributed by atoms with E-state index < -0.39 is 41.6 Å². The number of hydrogen-bond donors (Lipinski definition) is 3. The number of nitrogens with zero attached hydrogens (tertiary/aromatic N) is 2. The molecule has 190 valence electrons. The fourth-order valence-electron chi connectivity index (χ4n) is 4.50. The summed E-state index contributed by atoms with van der Waals surface area (Å²) in [5, 5.41) is 18.0. The molecule has 3 N–H and O–H groups in total. The minimum atomic E-state index is -0.869. The van der Waals surface area contributed by atoms with Gasteiger partial charge in [0.2, 0.25) is 17.7 Å². The summed E-state index contributed by atoms with van der Waals surface area (Å²) in [6.07, 6.45) is 1.57. The highest BCUT2D eigenvalue weighted by atomic mass is 16.6. The number of ether oxygens (including phenoxy) is 1. The largest absolute Gasteiger partial charge is 0.444 e. The first-order chi connectivity index (χ1) is 15.8. The summed E-state index contributed by atoms with van der Waals surface area (Å²) in [7, 11) is 1.52. The van der Waals surface area contributed by atoms with Crippen LogP contribution in [0, 0.1) is 29.1 Å². The molecule has 2 heterocycles. The molecule has 0 aromatic rings. The normalized spacial score (nSPS) is 28.8. The van der Waals surface area contributed by atoms with E-state index in [9.17, 15) is 24.4 Å². The van der Waals surface area contributed by atoms with Crippen LogP contribution < -0.4 is 16.0 Å². The molecule has 2 fully saturated rings. The number of nitriles is 1. The van der Waals surface area contributed by atoms with Gasteiger partial charge in [-0.25, -0.2) is 4.79 Å². The first kappa shape index (κ1) is 27.4. The van der Waals surface area contributed by atoms with E-state index >= 15 is 0 Å². The maximum Gasteiger partial charge on any atom is 0.410 e. The summed E-state index contributed by atoms with van der Waals surface area (Å²) >= 11 is 0. The van der Waals surface area contributed by atoms with Crippen molar-refractivity contribution in [3.05, 3.63) is 0 Å². The third-order valence-electron chi connectivity index (χ3n) is 6.25. The fraction of sp³-hybridized carbons (Fsp3) is 0.792. The molecule has 10 nitrogen and oxygen atoms in total. The zero-order chi connectivity index (χ0) is 25.6. The van der Waals surface area contributed by atoms with Gasteiger partial charge in [-0.05, 0) is 58.3 Å². The molecule has 0 aliphatic carbocycles. The molecule has 0 aromatic heterocycles. The number of amides is 4. The van der Waals surface area contributed by atoms with Crippen molar-refractivity contribution in [3.8, 4) is 6.07 Å². The number of hydrogen-bond acceptors (Lipinski definition) is 6. The van der Waals surface area contributed by atoms with Crippen LogP contribution in [-0.4, -0.2) is 66.0 Å². The van der Waals surface area contributed by atoms with Gasteiger partial charge in [0.15, 0.2) is 0 Å². The molecule has 5 atom stereocenters. The van der Waals surface area contributed by atoms with E-state index in [0.717, 1.165) is 0 Å². The number of likely N-dealkylation sites (N-methyl/N-ethyl adjacent to an activating group) is 1. The summed E-state index contributed by atoms with van der Waals surface area (Å²) in [6.45, 7) is 9.61.